The summed E-state index contributed by atoms with van der Waals surface area (Å²) in [5.74, 6) is -0.527. The Balaban J connectivity index is 1.91. The molecular formula is C14H14N2O4S. The van der Waals surface area contributed by atoms with Gasteiger partial charge in [0.1, 0.15) is 10.8 Å². The second kappa shape index (κ2) is 6.94. The van der Waals surface area contributed by atoms with Crippen LogP contribution in [-0.4, -0.2) is 27.7 Å². The zero-order valence-corrected chi connectivity index (χ0v) is 12.1. The number of nitrogens with zero attached hydrogens (tertiary/aromatic N) is 1. The van der Waals surface area contributed by atoms with Crippen molar-refractivity contribution in [2.24, 2.45) is 0 Å². The number of aromatic carboxylic acids is 1. The third-order valence-electron chi connectivity index (χ3n) is 2.69. The molecule has 0 aliphatic carbocycles. The molecule has 0 saturated heterocycles. The summed E-state index contributed by atoms with van der Waals surface area (Å²) in [6, 6.07) is 6.29. The first kappa shape index (κ1) is 15.1. The van der Waals surface area contributed by atoms with Crippen LogP contribution in [-0.2, 0) is 4.79 Å². The third kappa shape index (κ3) is 4.09. The monoisotopic (exact) mass is 306 g/mol. The lowest BCUT2D eigenvalue weighted by Gasteiger charge is -2.11. The van der Waals surface area contributed by atoms with Crippen LogP contribution >= 0.6 is 11.8 Å². The van der Waals surface area contributed by atoms with Crippen molar-refractivity contribution in [3.8, 4) is 0 Å². The summed E-state index contributed by atoms with van der Waals surface area (Å²) in [6.45, 7) is 1.81. The number of carbonyl (C=O) groups excluding carboxylic acids is 1. The van der Waals surface area contributed by atoms with E-state index in [-0.39, 0.29) is 23.3 Å². The predicted octanol–water partition coefficient (Wildman–Crippen LogP) is 2.34. The van der Waals surface area contributed by atoms with Crippen LogP contribution in [0.5, 0.6) is 0 Å². The van der Waals surface area contributed by atoms with E-state index >= 15 is 0 Å². The summed E-state index contributed by atoms with van der Waals surface area (Å²) < 4.78 is 5.20. The number of hydrogen-bond acceptors (Lipinski definition) is 5. The summed E-state index contributed by atoms with van der Waals surface area (Å²) in [4.78, 5) is 26.9. The molecule has 0 bridgehead atoms. The molecule has 0 fully saturated rings. The lowest BCUT2D eigenvalue weighted by atomic mass is 10.2. The van der Waals surface area contributed by atoms with Gasteiger partial charge in [0, 0.05) is 6.20 Å². The van der Waals surface area contributed by atoms with Gasteiger partial charge in [0.25, 0.3) is 0 Å². The van der Waals surface area contributed by atoms with E-state index in [1.807, 2.05) is 6.92 Å². The number of nitrogens with one attached hydrogen (secondary N) is 1. The minimum Gasteiger partial charge on any atom is -0.478 e. The molecule has 1 amide bonds. The van der Waals surface area contributed by atoms with Crippen molar-refractivity contribution in [1.29, 1.82) is 0 Å². The number of carboxylic acid groups (broad SMARTS) is 1. The number of carboxylic acids is 1. The first-order valence-electron chi connectivity index (χ1n) is 6.22. The van der Waals surface area contributed by atoms with Crippen LogP contribution in [0.4, 0.5) is 0 Å². The summed E-state index contributed by atoms with van der Waals surface area (Å²) in [6.07, 6.45) is 3.04. The molecule has 6 nitrogen and oxygen atoms in total. The van der Waals surface area contributed by atoms with Crippen molar-refractivity contribution in [3.05, 3.63) is 48.0 Å². The Morgan fingerprint density at radius 1 is 1.43 bits per heavy atom. The predicted molar refractivity (Wildman–Crippen MR) is 77.2 cm³/mol. The van der Waals surface area contributed by atoms with E-state index in [4.69, 9.17) is 9.52 Å². The Bertz CT molecular complexity index is 628. The summed E-state index contributed by atoms with van der Waals surface area (Å²) >= 11 is 1.09. The number of furan rings is 1. The molecule has 2 aromatic heterocycles. The number of thioether (sulfide) groups is 1. The van der Waals surface area contributed by atoms with Gasteiger partial charge in [-0.15, -0.1) is 0 Å². The summed E-state index contributed by atoms with van der Waals surface area (Å²) in [5, 5.41) is 12.1. The van der Waals surface area contributed by atoms with Gasteiger partial charge in [-0.3, -0.25) is 4.79 Å². The highest BCUT2D eigenvalue weighted by Crippen LogP contribution is 2.20. The smallest absolute Gasteiger partial charge is 0.338 e. The SMILES string of the molecule is CC(NC(=O)CSc1ncccc1C(=O)O)c1ccco1. The van der Waals surface area contributed by atoms with E-state index in [1.165, 1.54) is 12.3 Å². The van der Waals surface area contributed by atoms with E-state index < -0.39 is 5.97 Å². The first-order chi connectivity index (χ1) is 10.1. The van der Waals surface area contributed by atoms with Gasteiger partial charge in [-0.2, -0.15) is 0 Å². The second-order valence-electron chi connectivity index (χ2n) is 4.25. The Hall–Kier alpha value is -2.28. The minimum absolute atomic E-state index is 0.0857. The maximum absolute atomic E-state index is 11.9. The van der Waals surface area contributed by atoms with Gasteiger partial charge in [0.05, 0.1) is 23.6 Å². The van der Waals surface area contributed by atoms with Gasteiger partial charge in [0.2, 0.25) is 5.91 Å². The number of hydrogen-bond donors (Lipinski definition) is 2. The largest absolute Gasteiger partial charge is 0.478 e. The maximum atomic E-state index is 11.9. The molecule has 2 heterocycles. The van der Waals surface area contributed by atoms with Gasteiger partial charge in [0.15, 0.2) is 0 Å². The Morgan fingerprint density at radius 2 is 2.24 bits per heavy atom. The van der Waals surface area contributed by atoms with Crippen LogP contribution in [0.3, 0.4) is 0 Å². The lowest BCUT2D eigenvalue weighted by Crippen LogP contribution is -2.28. The van der Waals surface area contributed by atoms with Crippen molar-refractivity contribution in [2.75, 3.05) is 5.75 Å². The van der Waals surface area contributed by atoms with Crippen molar-refractivity contribution in [1.82, 2.24) is 10.3 Å². The van der Waals surface area contributed by atoms with Gasteiger partial charge in [-0.1, -0.05) is 11.8 Å². The van der Waals surface area contributed by atoms with Gasteiger partial charge in [-0.05, 0) is 31.2 Å². The van der Waals surface area contributed by atoms with Crippen LogP contribution in [0, 0.1) is 0 Å². The fraction of sp³-hybridized carbons (Fsp3) is 0.214. The Labute approximate surface area is 125 Å². The van der Waals surface area contributed by atoms with E-state index in [1.54, 1.807) is 24.5 Å². The van der Waals surface area contributed by atoms with Crippen LogP contribution in [0.2, 0.25) is 0 Å². The van der Waals surface area contributed by atoms with Crippen LogP contribution in [0.15, 0.2) is 46.2 Å². The van der Waals surface area contributed by atoms with Gasteiger partial charge >= 0.3 is 5.97 Å². The maximum Gasteiger partial charge on any atom is 0.338 e. The highest BCUT2D eigenvalue weighted by Gasteiger charge is 2.15. The average Bonchev–Trinajstić information content (AvgIpc) is 2.99. The van der Waals surface area contributed by atoms with E-state index in [0.29, 0.717) is 10.8 Å². The molecule has 0 aliphatic heterocycles. The fourth-order valence-corrected chi connectivity index (χ4v) is 2.49. The molecule has 2 rings (SSSR count). The molecule has 0 aliphatic rings. The van der Waals surface area contributed by atoms with Crippen LogP contribution in [0.25, 0.3) is 0 Å². The molecule has 1 unspecified atom stereocenters. The highest BCUT2D eigenvalue weighted by atomic mass is 32.2. The van der Waals surface area contributed by atoms with Crippen molar-refractivity contribution >= 4 is 23.6 Å². The number of carbonyl (C=O) groups is 2. The molecule has 2 N–H and O–H groups in total. The first-order valence-corrected chi connectivity index (χ1v) is 7.20. The molecule has 0 saturated carbocycles. The molecule has 0 spiro atoms. The van der Waals surface area contributed by atoms with Crippen molar-refractivity contribution in [3.63, 3.8) is 0 Å². The molecule has 7 heteroatoms. The Morgan fingerprint density at radius 3 is 2.90 bits per heavy atom. The average molecular weight is 306 g/mol. The molecule has 0 aromatic carbocycles. The molecule has 110 valence electrons. The summed E-state index contributed by atoms with van der Waals surface area (Å²) in [5.41, 5.74) is 0.0920. The van der Waals surface area contributed by atoms with E-state index in [9.17, 15) is 9.59 Å². The lowest BCUT2D eigenvalue weighted by molar-refractivity contribution is -0.119. The topological polar surface area (TPSA) is 92.4 Å². The van der Waals surface area contributed by atoms with Crippen molar-refractivity contribution in [2.45, 2.75) is 18.0 Å². The minimum atomic E-state index is -1.06. The number of aromatic nitrogens is 1. The third-order valence-corrected chi connectivity index (χ3v) is 3.69. The standard InChI is InChI=1S/C14H14N2O4S/c1-9(11-5-3-7-20-11)16-12(17)8-21-13-10(14(18)19)4-2-6-15-13/h2-7,9H,8H2,1H3,(H,16,17)(H,18,19). The van der Waals surface area contributed by atoms with E-state index in [0.717, 1.165) is 11.8 Å². The van der Waals surface area contributed by atoms with E-state index in [2.05, 4.69) is 10.3 Å². The van der Waals surface area contributed by atoms with Crippen LogP contribution in [0.1, 0.15) is 29.1 Å². The highest BCUT2D eigenvalue weighted by molar-refractivity contribution is 8.00. The normalized spacial score (nSPS) is 11.9. The molecule has 1 atom stereocenters. The Kier molecular flexibility index (Phi) is 4.99. The molecule has 21 heavy (non-hydrogen) atoms. The molecule has 0 radical (unpaired) electrons. The number of pyridine rings is 1. The zero-order valence-electron chi connectivity index (χ0n) is 11.3. The summed E-state index contributed by atoms with van der Waals surface area (Å²) in [7, 11) is 0. The molecular weight excluding hydrogens is 292 g/mol. The number of rotatable bonds is 6. The van der Waals surface area contributed by atoms with Gasteiger partial charge < -0.3 is 14.8 Å². The van der Waals surface area contributed by atoms with Crippen molar-refractivity contribution < 1.29 is 19.1 Å². The van der Waals surface area contributed by atoms with Gasteiger partial charge in [-0.25, -0.2) is 9.78 Å². The zero-order chi connectivity index (χ0) is 15.2. The van der Waals surface area contributed by atoms with Crippen LogP contribution < -0.4 is 5.32 Å². The fourth-order valence-electron chi connectivity index (χ4n) is 1.69. The molecule has 2 aromatic rings. The second-order valence-corrected chi connectivity index (χ2v) is 5.22. The number of amides is 1. The quantitative estimate of drug-likeness (QED) is 0.796.